The van der Waals surface area contributed by atoms with Crippen LogP contribution in [0.25, 0.3) is 0 Å². The Morgan fingerprint density at radius 1 is 1.27 bits per heavy atom. The molecule has 1 rings (SSSR count). The van der Waals surface area contributed by atoms with Crippen LogP contribution in [0.5, 0.6) is 5.75 Å². The van der Waals surface area contributed by atoms with Gasteiger partial charge in [-0.2, -0.15) is 0 Å². The number of hydrogen-bond acceptors (Lipinski definition) is 6. The minimum atomic E-state index is -0.801. The second-order valence-electron chi connectivity index (χ2n) is 2.60. The van der Waals surface area contributed by atoms with Gasteiger partial charge in [-0.1, -0.05) is 0 Å². The van der Waals surface area contributed by atoms with E-state index < -0.39 is 21.2 Å². The van der Waals surface area contributed by atoms with E-state index >= 15 is 0 Å². The highest BCUT2D eigenvalue weighted by Gasteiger charge is 2.22. The summed E-state index contributed by atoms with van der Waals surface area (Å²) < 4.78 is 4.69. The van der Waals surface area contributed by atoms with Gasteiger partial charge in [-0.15, -0.1) is 0 Å². The maximum absolute atomic E-state index is 10.5. The van der Waals surface area contributed by atoms with Crippen molar-refractivity contribution in [3.63, 3.8) is 0 Å². The molecule has 0 bridgehead atoms. The van der Waals surface area contributed by atoms with Gasteiger partial charge < -0.3 is 10.5 Å². The summed E-state index contributed by atoms with van der Waals surface area (Å²) in [5.74, 6) is -0.0871. The maximum atomic E-state index is 10.5. The van der Waals surface area contributed by atoms with Crippen LogP contribution in [0.3, 0.4) is 0 Å². The highest BCUT2D eigenvalue weighted by molar-refractivity contribution is 5.70. The summed E-state index contributed by atoms with van der Waals surface area (Å²) in [7, 11) is 1.22. The molecule has 80 valence electrons. The average Bonchev–Trinajstić information content (AvgIpc) is 2.17. The van der Waals surface area contributed by atoms with E-state index in [1.54, 1.807) is 0 Å². The van der Waals surface area contributed by atoms with Crippen LogP contribution in [0.2, 0.25) is 0 Å². The molecular weight excluding hydrogens is 206 g/mol. The first kappa shape index (κ1) is 10.7. The topological polar surface area (TPSA) is 122 Å². The standard InChI is InChI=1S/C7H7N3O5/c1-15-6-3-4(9(11)12)2-5(7(6)8)10(13)14/h2-3H,8H2,1H3. The Labute approximate surface area is 83.6 Å². The fourth-order valence-corrected chi connectivity index (χ4v) is 1.02. The van der Waals surface area contributed by atoms with Crippen LogP contribution < -0.4 is 10.5 Å². The van der Waals surface area contributed by atoms with E-state index in [1.807, 2.05) is 0 Å². The molecular formula is C7H7N3O5. The summed E-state index contributed by atoms with van der Waals surface area (Å²) in [5.41, 5.74) is 4.17. The summed E-state index contributed by atoms with van der Waals surface area (Å²) in [6.07, 6.45) is 0. The third-order valence-corrected chi connectivity index (χ3v) is 1.73. The molecule has 0 atom stereocenters. The van der Waals surface area contributed by atoms with Crippen molar-refractivity contribution >= 4 is 17.1 Å². The number of anilines is 1. The lowest BCUT2D eigenvalue weighted by atomic mass is 10.2. The minimum absolute atomic E-state index is 0.0871. The molecule has 0 spiro atoms. The second-order valence-corrected chi connectivity index (χ2v) is 2.60. The Kier molecular flexibility index (Phi) is 2.70. The summed E-state index contributed by atoms with van der Waals surface area (Å²) in [6.45, 7) is 0. The minimum Gasteiger partial charge on any atom is -0.494 e. The lowest BCUT2D eigenvalue weighted by molar-refractivity contribution is -0.393. The molecule has 0 radical (unpaired) electrons. The number of ether oxygens (including phenoxy) is 1. The smallest absolute Gasteiger partial charge is 0.302 e. The Morgan fingerprint density at radius 2 is 1.87 bits per heavy atom. The molecule has 0 heterocycles. The third kappa shape index (κ3) is 1.93. The van der Waals surface area contributed by atoms with E-state index in [9.17, 15) is 20.2 Å². The van der Waals surface area contributed by atoms with Crippen LogP contribution in [0.15, 0.2) is 12.1 Å². The van der Waals surface area contributed by atoms with Crippen molar-refractivity contribution in [1.29, 1.82) is 0 Å². The van der Waals surface area contributed by atoms with Gasteiger partial charge in [-0.05, 0) is 0 Å². The predicted octanol–water partition coefficient (Wildman–Crippen LogP) is 1.09. The zero-order valence-corrected chi connectivity index (χ0v) is 7.67. The number of nitro benzene ring substituents is 2. The molecule has 0 amide bonds. The Bertz CT molecular complexity index is 431. The van der Waals surface area contributed by atoms with Crippen LogP contribution in [0, 0.1) is 20.2 Å². The zero-order chi connectivity index (χ0) is 11.6. The monoisotopic (exact) mass is 213 g/mol. The second kappa shape index (κ2) is 3.78. The number of rotatable bonds is 3. The van der Waals surface area contributed by atoms with Gasteiger partial charge in [0.05, 0.1) is 29.1 Å². The summed E-state index contributed by atoms with van der Waals surface area (Å²) in [4.78, 5) is 19.4. The molecule has 0 aliphatic heterocycles. The number of nitrogen functional groups attached to an aromatic ring is 1. The average molecular weight is 213 g/mol. The van der Waals surface area contributed by atoms with Gasteiger partial charge >= 0.3 is 5.69 Å². The van der Waals surface area contributed by atoms with Gasteiger partial charge in [-0.25, -0.2) is 0 Å². The Morgan fingerprint density at radius 3 is 2.27 bits per heavy atom. The normalized spacial score (nSPS) is 9.67. The van der Waals surface area contributed by atoms with Gasteiger partial charge in [0.1, 0.15) is 0 Å². The van der Waals surface area contributed by atoms with E-state index in [0.717, 1.165) is 12.1 Å². The van der Waals surface area contributed by atoms with Crippen LogP contribution in [-0.4, -0.2) is 17.0 Å². The van der Waals surface area contributed by atoms with Gasteiger partial charge in [0.25, 0.3) is 5.69 Å². The van der Waals surface area contributed by atoms with Crippen molar-refractivity contribution in [1.82, 2.24) is 0 Å². The van der Waals surface area contributed by atoms with Crippen molar-refractivity contribution in [2.75, 3.05) is 12.8 Å². The molecule has 0 saturated carbocycles. The van der Waals surface area contributed by atoms with E-state index in [0.29, 0.717) is 0 Å². The van der Waals surface area contributed by atoms with Crippen molar-refractivity contribution in [3.8, 4) is 5.75 Å². The Balaban J connectivity index is 3.45. The third-order valence-electron chi connectivity index (χ3n) is 1.73. The fraction of sp³-hybridized carbons (Fsp3) is 0.143. The van der Waals surface area contributed by atoms with E-state index in [-0.39, 0.29) is 11.4 Å². The first-order valence-electron chi connectivity index (χ1n) is 3.73. The van der Waals surface area contributed by atoms with Gasteiger partial charge in [0, 0.05) is 0 Å². The highest BCUT2D eigenvalue weighted by atomic mass is 16.6. The number of hydrogen-bond donors (Lipinski definition) is 1. The molecule has 8 heteroatoms. The molecule has 0 aliphatic rings. The Hall–Kier alpha value is -2.38. The van der Waals surface area contributed by atoms with E-state index in [4.69, 9.17) is 10.5 Å². The lowest BCUT2D eigenvalue weighted by Gasteiger charge is -2.04. The van der Waals surface area contributed by atoms with E-state index in [2.05, 4.69) is 0 Å². The van der Waals surface area contributed by atoms with Gasteiger partial charge in [0.2, 0.25) is 0 Å². The van der Waals surface area contributed by atoms with Crippen molar-refractivity contribution in [2.24, 2.45) is 0 Å². The molecule has 15 heavy (non-hydrogen) atoms. The summed E-state index contributed by atoms with van der Waals surface area (Å²) in [5, 5.41) is 21.0. The molecule has 8 nitrogen and oxygen atoms in total. The molecule has 0 aliphatic carbocycles. The highest BCUT2D eigenvalue weighted by Crippen LogP contribution is 2.35. The zero-order valence-electron chi connectivity index (χ0n) is 7.67. The molecule has 0 unspecified atom stereocenters. The van der Waals surface area contributed by atoms with Crippen LogP contribution in [0.1, 0.15) is 0 Å². The molecule has 2 N–H and O–H groups in total. The maximum Gasteiger partial charge on any atom is 0.302 e. The summed E-state index contributed by atoms with van der Waals surface area (Å²) in [6, 6.07) is 1.82. The lowest BCUT2D eigenvalue weighted by Crippen LogP contribution is -2.00. The number of nitro groups is 2. The first-order chi connectivity index (χ1) is 6.97. The van der Waals surface area contributed by atoms with Crippen molar-refractivity contribution < 1.29 is 14.6 Å². The van der Waals surface area contributed by atoms with E-state index in [1.165, 1.54) is 7.11 Å². The quantitative estimate of drug-likeness (QED) is 0.455. The largest absolute Gasteiger partial charge is 0.494 e. The molecule has 0 fully saturated rings. The van der Waals surface area contributed by atoms with Crippen LogP contribution in [-0.2, 0) is 0 Å². The van der Waals surface area contributed by atoms with Gasteiger partial charge in [-0.3, -0.25) is 20.2 Å². The van der Waals surface area contributed by atoms with Crippen LogP contribution in [0.4, 0.5) is 17.1 Å². The van der Waals surface area contributed by atoms with Gasteiger partial charge in [0.15, 0.2) is 11.4 Å². The SMILES string of the molecule is COc1cc([N+](=O)[O-])cc([N+](=O)[O-])c1N. The molecule has 0 saturated heterocycles. The number of methoxy groups -OCH3 is 1. The molecule has 0 aromatic heterocycles. The number of non-ortho nitro benzene ring substituents is 1. The molecule has 1 aromatic rings. The van der Waals surface area contributed by atoms with Crippen LogP contribution >= 0.6 is 0 Å². The van der Waals surface area contributed by atoms with Crippen molar-refractivity contribution in [2.45, 2.75) is 0 Å². The number of nitrogens with two attached hydrogens (primary N) is 1. The fourth-order valence-electron chi connectivity index (χ4n) is 1.02. The number of benzene rings is 1. The first-order valence-corrected chi connectivity index (χ1v) is 3.73. The predicted molar refractivity (Wildman–Crippen MR) is 50.7 cm³/mol. The molecule has 1 aromatic carbocycles. The number of nitrogens with zero attached hydrogens (tertiary/aromatic N) is 2. The summed E-state index contributed by atoms with van der Waals surface area (Å²) >= 11 is 0. The van der Waals surface area contributed by atoms with Crippen molar-refractivity contribution in [3.05, 3.63) is 32.4 Å².